The van der Waals surface area contributed by atoms with E-state index in [0.29, 0.717) is 5.56 Å². The zero-order chi connectivity index (χ0) is 23.4. The maximum absolute atomic E-state index is 13.9. The second-order valence-electron chi connectivity index (χ2n) is 8.59. The second-order valence-corrected chi connectivity index (χ2v) is 8.59. The standard InChI is InChI=1S/C30H20F3N/c1-19-16-17-26(30(31,32)33)25(18-19)21-10-6-12-22-20(21)11-7-15-29(22)34-27-13-4-2-8-23(27)24-9-3-5-14-28(24)34/h2-18H,1H3. The monoisotopic (exact) mass is 451 g/mol. The smallest absolute Gasteiger partial charge is 0.309 e. The largest absolute Gasteiger partial charge is 0.417 e. The van der Waals surface area contributed by atoms with Gasteiger partial charge in [0.15, 0.2) is 0 Å². The fourth-order valence-corrected chi connectivity index (χ4v) is 5.03. The number of benzene rings is 5. The van der Waals surface area contributed by atoms with E-state index < -0.39 is 11.7 Å². The summed E-state index contributed by atoms with van der Waals surface area (Å²) < 4.78 is 43.9. The molecule has 0 unspecified atom stereocenters. The van der Waals surface area contributed by atoms with E-state index in [2.05, 4.69) is 28.8 Å². The molecule has 4 heteroatoms. The van der Waals surface area contributed by atoms with E-state index in [9.17, 15) is 13.2 Å². The van der Waals surface area contributed by atoms with Crippen LogP contribution in [0, 0.1) is 6.92 Å². The van der Waals surface area contributed by atoms with Crippen molar-refractivity contribution in [3.63, 3.8) is 0 Å². The molecule has 0 fully saturated rings. The Kier molecular flexibility index (Phi) is 4.53. The van der Waals surface area contributed by atoms with Crippen LogP contribution in [0.5, 0.6) is 0 Å². The topological polar surface area (TPSA) is 4.93 Å². The van der Waals surface area contributed by atoms with E-state index in [1.165, 1.54) is 12.1 Å². The summed E-state index contributed by atoms with van der Waals surface area (Å²) in [6.07, 6.45) is -4.43. The molecule has 1 aromatic heterocycles. The first-order chi connectivity index (χ1) is 16.4. The molecule has 166 valence electrons. The number of aromatic nitrogens is 1. The molecule has 0 N–H and O–H groups in total. The summed E-state index contributed by atoms with van der Waals surface area (Å²) in [6, 6.07) is 32.2. The molecule has 0 aliphatic carbocycles. The van der Waals surface area contributed by atoms with Crippen molar-refractivity contribution in [1.29, 1.82) is 0 Å². The number of hydrogen-bond donors (Lipinski definition) is 0. The molecule has 0 bridgehead atoms. The molecular weight excluding hydrogens is 431 g/mol. The average molecular weight is 451 g/mol. The number of nitrogens with zero attached hydrogens (tertiary/aromatic N) is 1. The van der Waals surface area contributed by atoms with Crippen molar-refractivity contribution in [2.24, 2.45) is 0 Å². The number of rotatable bonds is 2. The summed E-state index contributed by atoms with van der Waals surface area (Å²) in [5.74, 6) is 0. The van der Waals surface area contributed by atoms with Crippen LogP contribution in [0.1, 0.15) is 11.1 Å². The molecule has 0 atom stereocenters. The fraction of sp³-hybridized carbons (Fsp3) is 0.0667. The van der Waals surface area contributed by atoms with Gasteiger partial charge >= 0.3 is 6.18 Å². The van der Waals surface area contributed by atoms with Gasteiger partial charge in [-0.1, -0.05) is 84.4 Å². The van der Waals surface area contributed by atoms with Crippen LogP contribution in [-0.4, -0.2) is 4.57 Å². The minimum atomic E-state index is -4.43. The Morgan fingerprint density at radius 2 is 1.15 bits per heavy atom. The van der Waals surface area contributed by atoms with Gasteiger partial charge in [0.05, 0.1) is 22.3 Å². The van der Waals surface area contributed by atoms with Gasteiger partial charge in [0, 0.05) is 16.2 Å². The summed E-state index contributed by atoms with van der Waals surface area (Å²) in [5.41, 5.74) is 4.03. The molecule has 6 aromatic rings. The first-order valence-corrected chi connectivity index (χ1v) is 11.1. The van der Waals surface area contributed by atoms with Crippen LogP contribution in [-0.2, 0) is 6.18 Å². The van der Waals surface area contributed by atoms with Crippen molar-refractivity contribution in [2.75, 3.05) is 0 Å². The zero-order valence-corrected chi connectivity index (χ0v) is 18.4. The van der Waals surface area contributed by atoms with Crippen molar-refractivity contribution >= 4 is 32.6 Å². The lowest BCUT2D eigenvalue weighted by atomic mass is 9.92. The maximum atomic E-state index is 13.9. The normalized spacial score (nSPS) is 12.1. The van der Waals surface area contributed by atoms with Crippen LogP contribution < -0.4 is 0 Å². The van der Waals surface area contributed by atoms with Crippen LogP contribution in [0.25, 0.3) is 49.4 Å². The predicted octanol–water partition coefficient (Wildman–Crippen LogP) is 8.93. The summed E-state index contributed by atoms with van der Waals surface area (Å²) in [7, 11) is 0. The number of halogens is 3. The lowest BCUT2D eigenvalue weighted by Gasteiger charge is -2.17. The van der Waals surface area contributed by atoms with Crippen LogP contribution in [0.15, 0.2) is 103 Å². The summed E-state index contributed by atoms with van der Waals surface area (Å²) in [4.78, 5) is 0. The molecule has 0 saturated heterocycles. The second kappa shape index (κ2) is 7.49. The molecule has 0 spiro atoms. The minimum absolute atomic E-state index is 0.206. The maximum Gasteiger partial charge on any atom is 0.417 e. The Bertz CT molecular complexity index is 1650. The molecule has 0 amide bonds. The fourth-order valence-electron chi connectivity index (χ4n) is 5.03. The van der Waals surface area contributed by atoms with Crippen molar-refractivity contribution in [2.45, 2.75) is 13.1 Å². The molecule has 1 heterocycles. The summed E-state index contributed by atoms with van der Waals surface area (Å²) in [6.45, 7) is 1.82. The number of alkyl halides is 3. The Labute approximate surface area is 194 Å². The van der Waals surface area contributed by atoms with E-state index in [4.69, 9.17) is 0 Å². The lowest BCUT2D eigenvalue weighted by molar-refractivity contribution is -0.137. The van der Waals surface area contributed by atoms with Crippen molar-refractivity contribution in [1.82, 2.24) is 4.57 Å². The number of para-hydroxylation sites is 2. The quantitative estimate of drug-likeness (QED) is 0.248. The molecule has 0 radical (unpaired) electrons. The van der Waals surface area contributed by atoms with Gasteiger partial charge in [-0.3, -0.25) is 0 Å². The number of hydrogen-bond acceptors (Lipinski definition) is 0. The summed E-state index contributed by atoms with van der Waals surface area (Å²) >= 11 is 0. The van der Waals surface area contributed by atoms with E-state index in [1.54, 1.807) is 12.1 Å². The van der Waals surface area contributed by atoms with Gasteiger partial charge in [0.2, 0.25) is 0 Å². The van der Waals surface area contributed by atoms with Gasteiger partial charge in [-0.2, -0.15) is 13.2 Å². The van der Waals surface area contributed by atoms with Gasteiger partial charge in [0.1, 0.15) is 0 Å². The highest BCUT2D eigenvalue weighted by Crippen LogP contribution is 2.42. The van der Waals surface area contributed by atoms with Gasteiger partial charge in [0.25, 0.3) is 0 Å². The van der Waals surface area contributed by atoms with Crippen LogP contribution in [0.3, 0.4) is 0 Å². The van der Waals surface area contributed by atoms with Gasteiger partial charge in [-0.15, -0.1) is 0 Å². The first-order valence-electron chi connectivity index (χ1n) is 11.1. The first kappa shape index (κ1) is 20.5. The zero-order valence-electron chi connectivity index (χ0n) is 18.4. The molecule has 1 nitrogen and oxygen atoms in total. The van der Waals surface area contributed by atoms with E-state index in [0.717, 1.165) is 43.8 Å². The highest BCUT2D eigenvalue weighted by molar-refractivity contribution is 6.11. The highest BCUT2D eigenvalue weighted by atomic mass is 19.4. The molecule has 5 aromatic carbocycles. The van der Waals surface area contributed by atoms with Crippen molar-refractivity contribution < 1.29 is 13.2 Å². The van der Waals surface area contributed by atoms with Gasteiger partial charge in [-0.05, 0) is 47.7 Å². The van der Waals surface area contributed by atoms with Crippen LogP contribution in [0.4, 0.5) is 13.2 Å². The molecule has 34 heavy (non-hydrogen) atoms. The minimum Gasteiger partial charge on any atom is -0.309 e. The number of fused-ring (bicyclic) bond motifs is 4. The molecule has 6 rings (SSSR count). The average Bonchev–Trinajstić information content (AvgIpc) is 3.17. The SMILES string of the molecule is Cc1ccc(C(F)(F)F)c(-c2cccc3c(-n4c5ccccc5c5ccccc54)cccc23)c1. The van der Waals surface area contributed by atoms with E-state index >= 15 is 0 Å². The Morgan fingerprint density at radius 1 is 0.559 bits per heavy atom. The number of aryl methyl sites for hydroxylation is 1. The molecule has 0 aliphatic rings. The van der Waals surface area contributed by atoms with Crippen LogP contribution in [0.2, 0.25) is 0 Å². The Hall–Kier alpha value is -4.05. The highest BCUT2D eigenvalue weighted by Gasteiger charge is 2.34. The third-order valence-electron chi connectivity index (χ3n) is 6.49. The Balaban J connectivity index is 1.70. The molecular formula is C30H20F3N. The summed E-state index contributed by atoms with van der Waals surface area (Å²) in [5, 5.41) is 3.98. The van der Waals surface area contributed by atoms with E-state index in [-0.39, 0.29) is 5.56 Å². The van der Waals surface area contributed by atoms with Gasteiger partial charge in [-0.25, -0.2) is 0 Å². The predicted molar refractivity (Wildman–Crippen MR) is 133 cm³/mol. The lowest BCUT2D eigenvalue weighted by Crippen LogP contribution is -2.07. The van der Waals surface area contributed by atoms with Crippen molar-refractivity contribution in [3.05, 3.63) is 114 Å². The molecule has 0 aliphatic heterocycles. The van der Waals surface area contributed by atoms with Crippen molar-refractivity contribution in [3.8, 4) is 16.8 Å². The van der Waals surface area contributed by atoms with Gasteiger partial charge < -0.3 is 4.57 Å². The van der Waals surface area contributed by atoms with Crippen LogP contribution >= 0.6 is 0 Å². The Morgan fingerprint density at radius 3 is 1.82 bits per heavy atom. The molecule has 0 saturated carbocycles. The third-order valence-corrected chi connectivity index (χ3v) is 6.49. The van der Waals surface area contributed by atoms with E-state index in [1.807, 2.05) is 61.5 Å². The third kappa shape index (κ3) is 3.10.